The van der Waals surface area contributed by atoms with Crippen molar-refractivity contribution in [2.75, 3.05) is 0 Å². The average Bonchev–Trinajstić information content (AvgIpc) is 2.38. The highest BCUT2D eigenvalue weighted by Crippen LogP contribution is 2.15. The van der Waals surface area contributed by atoms with Crippen LogP contribution in [0.4, 0.5) is 0 Å². The Morgan fingerprint density at radius 2 is 2.20 bits per heavy atom. The maximum atomic E-state index is 3.81. The molecule has 0 aromatic carbocycles. The van der Waals surface area contributed by atoms with Crippen molar-refractivity contribution in [1.29, 1.82) is 0 Å². The van der Waals surface area contributed by atoms with Gasteiger partial charge in [-0.2, -0.15) is 0 Å². The summed E-state index contributed by atoms with van der Waals surface area (Å²) in [5.41, 5.74) is 0.0451. The average molecular weight is 140 g/mol. The normalized spacial score (nSPS) is 11.9. The zero-order valence-corrected chi connectivity index (χ0v) is 6.57. The lowest BCUT2D eigenvalue weighted by Gasteiger charge is -2.20. The zero-order chi connectivity index (χ0) is 7.61. The Hall–Kier alpha value is -0.930. The van der Waals surface area contributed by atoms with Gasteiger partial charge in [0.1, 0.15) is 6.33 Å². The molecule has 10 heavy (non-hydrogen) atoms. The van der Waals surface area contributed by atoms with Crippen LogP contribution in [0.15, 0.2) is 6.33 Å². The number of rotatable bonds is 2. The summed E-state index contributed by atoms with van der Waals surface area (Å²) in [4.78, 5) is 0. The molecule has 0 bridgehead atoms. The number of hydrogen-bond donors (Lipinski definition) is 0. The maximum Gasteiger partial charge on any atom is 0.138 e. The number of nitrogens with zero attached hydrogens (tertiary/aromatic N) is 4. The highest BCUT2D eigenvalue weighted by atomic mass is 15.5. The fraction of sp³-hybridized carbons (Fsp3) is 0.833. The van der Waals surface area contributed by atoms with Gasteiger partial charge in [0.05, 0.1) is 5.54 Å². The Kier molecular flexibility index (Phi) is 1.70. The molecule has 0 unspecified atom stereocenters. The molecule has 0 aliphatic rings. The van der Waals surface area contributed by atoms with Crippen LogP contribution in [0.5, 0.6) is 0 Å². The van der Waals surface area contributed by atoms with Gasteiger partial charge in [0.25, 0.3) is 0 Å². The molecule has 1 aromatic heterocycles. The third-order valence-electron chi connectivity index (χ3n) is 1.83. The third kappa shape index (κ3) is 1.15. The van der Waals surface area contributed by atoms with Crippen molar-refractivity contribution in [3.05, 3.63) is 6.33 Å². The van der Waals surface area contributed by atoms with Crippen LogP contribution < -0.4 is 0 Å². The fourth-order valence-corrected chi connectivity index (χ4v) is 0.601. The van der Waals surface area contributed by atoms with Gasteiger partial charge in [0.2, 0.25) is 0 Å². The summed E-state index contributed by atoms with van der Waals surface area (Å²) in [6, 6.07) is 0. The van der Waals surface area contributed by atoms with E-state index < -0.39 is 0 Å². The van der Waals surface area contributed by atoms with Crippen LogP contribution >= 0.6 is 0 Å². The molecule has 0 aliphatic heterocycles. The van der Waals surface area contributed by atoms with E-state index in [0.717, 1.165) is 6.42 Å². The number of aromatic nitrogens is 4. The van der Waals surface area contributed by atoms with E-state index in [1.165, 1.54) is 0 Å². The van der Waals surface area contributed by atoms with E-state index in [0.29, 0.717) is 0 Å². The Balaban J connectivity index is 2.85. The molecule has 0 spiro atoms. The Morgan fingerprint density at radius 1 is 1.50 bits per heavy atom. The van der Waals surface area contributed by atoms with Gasteiger partial charge in [-0.1, -0.05) is 6.92 Å². The molecule has 0 amide bonds. The van der Waals surface area contributed by atoms with E-state index in [-0.39, 0.29) is 5.54 Å². The molecule has 1 aromatic rings. The summed E-state index contributed by atoms with van der Waals surface area (Å²) >= 11 is 0. The first kappa shape index (κ1) is 7.18. The topological polar surface area (TPSA) is 43.6 Å². The molecule has 0 fully saturated rings. The molecular formula is C6H12N4. The molecule has 4 heteroatoms. The monoisotopic (exact) mass is 140 g/mol. The summed E-state index contributed by atoms with van der Waals surface area (Å²) in [5.74, 6) is 0. The second-order valence-corrected chi connectivity index (χ2v) is 2.92. The number of tetrazole rings is 1. The lowest BCUT2D eigenvalue weighted by Crippen LogP contribution is -2.25. The molecule has 1 rings (SSSR count). The Labute approximate surface area is 60.2 Å². The highest BCUT2D eigenvalue weighted by Gasteiger charge is 2.17. The predicted molar refractivity (Wildman–Crippen MR) is 37.4 cm³/mol. The van der Waals surface area contributed by atoms with Crippen molar-refractivity contribution in [1.82, 2.24) is 20.2 Å². The minimum absolute atomic E-state index is 0.0451. The molecule has 1 heterocycles. The van der Waals surface area contributed by atoms with Crippen LogP contribution in [0.2, 0.25) is 0 Å². The quantitative estimate of drug-likeness (QED) is 0.610. The van der Waals surface area contributed by atoms with Gasteiger partial charge < -0.3 is 0 Å². The number of hydrogen-bond acceptors (Lipinski definition) is 3. The summed E-state index contributed by atoms with van der Waals surface area (Å²) in [5, 5.41) is 11.0. The molecule has 0 saturated heterocycles. The first-order chi connectivity index (χ1) is 4.67. The minimum Gasteiger partial charge on any atom is -0.227 e. The molecule has 4 nitrogen and oxygen atoms in total. The summed E-state index contributed by atoms with van der Waals surface area (Å²) in [6.45, 7) is 6.31. The highest BCUT2D eigenvalue weighted by molar-refractivity contribution is 4.71. The molecule has 0 radical (unpaired) electrons. The van der Waals surface area contributed by atoms with E-state index >= 15 is 0 Å². The van der Waals surface area contributed by atoms with Crippen molar-refractivity contribution in [2.24, 2.45) is 0 Å². The smallest absolute Gasteiger partial charge is 0.138 e. The largest absolute Gasteiger partial charge is 0.227 e. The SMILES string of the molecule is CCC(C)(C)n1cnnn1. The van der Waals surface area contributed by atoms with Gasteiger partial charge >= 0.3 is 0 Å². The first-order valence-corrected chi connectivity index (χ1v) is 3.40. The molecule has 0 aliphatic carbocycles. The van der Waals surface area contributed by atoms with Gasteiger partial charge in [0.15, 0.2) is 0 Å². The summed E-state index contributed by atoms with van der Waals surface area (Å²) < 4.78 is 1.77. The standard InChI is InChI=1S/C6H12N4/c1-4-6(2,3)10-5-7-8-9-10/h5H,4H2,1-3H3. The first-order valence-electron chi connectivity index (χ1n) is 3.40. The van der Waals surface area contributed by atoms with Crippen molar-refractivity contribution in [3.63, 3.8) is 0 Å². The summed E-state index contributed by atoms with van der Waals surface area (Å²) in [6.07, 6.45) is 2.67. The van der Waals surface area contributed by atoms with Gasteiger partial charge in [0, 0.05) is 0 Å². The lowest BCUT2D eigenvalue weighted by atomic mass is 10.0. The fourth-order valence-electron chi connectivity index (χ4n) is 0.601. The molecule has 0 N–H and O–H groups in total. The summed E-state index contributed by atoms with van der Waals surface area (Å²) in [7, 11) is 0. The lowest BCUT2D eigenvalue weighted by molar-refractivity contribution is 0.301. The predicted octanol–water partition coefficient (Wildman–Crippen LogP) is 0.818. The van der Waals surface area contributed by atoms with Crippen LogP contribution in [0.1, 0.15) is 27.2 Å². The third-order valence-corrected chi connectivity index (χ3v) is 1.83. The zero-order valence-electron chi connectivity index (χ0n) is 6.57. The molecular weight excluding hydrogens is 128 g/mol. The van der Waals surface area contributed by atoms with Gasteiger partial charge in [-0.15, -0.1) is 5.10 Å². The minimum atomic E-state index is 0.0451. The Morgan fingerprint density at radius 3 is 2.60 bits per heavy atom. The molecule has 0 atom stereocenters. The van der Waals surface area contributed by atoms with Crippen molar-refractivity contribution < 1.29 is 0 Å². The molecule has 0 saturated carbocycles. The second kappa shape index (κ2) is 2.36. The van der Waals surface area contributed by atoms with Crippen LogP contribution in [0.25, 0.3) is 0 Å². The van der Waals surface area contributed by atoms with Crippen LogP contribution in [-0.2, 0) is 5.54 Å². The molecule has 56 valence electrons. The van der Waals surface area contributed by atoms with Crippen molar-refractivity contribution in [2.45, 2.75) is 32.7 Å². The maximum absolute atomic E-state index is 3.81. The van der Waals surface area contributed by atoms with Gasteiger partial charge in [-0.3, -0.25) is 0 Å². The van der Waals surface area contributed by atoms with E-state index in [2.05, 4.69) is 36.3 Å². The second-order valence-electron chi connectivity index (χ2n) is 2.92. The van der Waals surface area contributed by atoms with Gasteiger partial charge in [-0.05, 0) is 30.7 Å². The van der Waals surface area contributed by atoms with Crippen LogP contribution in [0, 0.1) is 0 Å². The Bertz CT molecular complexity index is 190. The van der Waals surface area contributed by atoms with E-state index in [1.54, 1.807) is 11.0 Å². The van der Waals surface area contributed by atoms with E-state index in [9.17, 15) is 0 Å². The van der Waals surface area contributed by atoms with Crippen LogP contribution in [-0.4, -0.2) is 20.2 Å². The van der Waals surface area contributed by atoms with Crippen LogP contribution in [0.3, 0.4) is 0 Å². The van der Waals surface area contributed by atoms with Gasteiger partial charge in [-0.25, -0.2) is 4.68 Å². The van der Waals surface area contributed by atoms with Crippen molar-refractivity contribution in [3.8, 4) is 0 Å². The van der Waals surface area contributed by atoms with Crippen molar-refractivity contribution >= 4 is 0 Å². The van der Waals surface area contributed by atoms with E-state index in [1.807, 2.05) is 0 Å². The van der Waals surface area contributed by atoms with E-state index in [4.69, 9.17) is 0 Å².